The van der Waals surface area contributed by atoms with Crippen LogP contribution in [0.5, 0.6) is 0 Å². The van der Waals surface area contributed by atoms with Gasteiger partial charge in [0.05, 0.1) is 18.8 Å². The van der Waals surface area contributed by atoms with E-state index in [9.17, 15) is 9.90 Å². The van der Waals surface area contributed by atoms with E-state index in [0.29, 0.717) is 19.0 Å². The molecule has 1 saturated heterocycles. The SMILES string of the molecule is CC1CN(C(=O)C2CCC(N)C(C)C2)CC(CO)O1. The summed E-state index contributed by atoms with van der Waals surface area (Å²) in [5.74, 6) is 0.724. The van der Waals surface area contributed by atoms with Gasteiger partial charge in [0.15, 0.2) is 0 Å². The topological polar surface area (TPSA) is 75.8 Å². The number of amides is 1. The number of carbonyl (C=O) groups is 1. The molecule has 1 aliphatic carbocycles. The van der Waals surface area contributed by atoms with Crippen LogP contribution in [0.3, 0.4) is 0 Å². The fourth-order valence-electron chi connectivity index (χ4n) is 3.23. The van der Waals surface area contributed by atoms with E-state index in [1.807, 2.05) is 11.8 Å². The first kappa shape index (κ1) is 14.8. The number of ether oxygens (including phenoxy) is 1. The molecule has 1 saturated carbocycles. The van der Waals surface area contributed by atoms with E-state index < -0.39 is 0 Å². The Morgan fingerprint density at radius 1 is 1.37 bits per heavy atom. The van der Waals surface area contributed by atoms with Gasteiger partial charge in [-0.05, 0) is 32.1 Å². The van der Waals surface area contributed by atoms with E-state index in [2.05, 4.69) is 6.92 Å². The zero-order chi connectivity index (χ0) is 14.0. The van der Waals surface area contributed by atoms with Crippen LogP contribution in [0.15, 0.2) is 0 Å². The number of nitrogens with two attached hydrogens (primary N) is 1. The molecule has 5 unspecified atom stereocenters. The fraction of sp³-hybridized carbons (Fsp3) is 0.929. The van der Waals surface area contributed by atoms with Crippen molar-refractivity contribution < 1.29 is 14.6 Å². The predicted octanol–water partition coefficient (Wildman–Crippen LogP) is 0.358. The van der Waals surface area contributed by atoms with Crippen molar-refractivity contribution in [2.45, 2.75) is 51.4 Å². The van der Waals surface area contributed by atoms with Gasteiger partial charge in [-0.3, -0.25) is 4.79 Å². The second-order valence-electron chi connectivity index (χ2n) is 6.15. The Morgan fingerprint density at radius 2 is 2.11 bits per heavy atom. The number of aliphatic hydroxyl groups is 1. The van der Waals surface area contributed by atoms with Crippen molar-refractivity contribution in [1.29, 1.82) is 0 Å². The highest BCUT2D eigenvalue weighted by molar-refractivity contribution is 5.79. The third-order valence-corrected chi connectivity index (χ3v) is 4.43. The van der Waals surface area contributed by atoms with Crippen molar-refractivity contribution in [3.05, 3.63) is 0 Å². The smallest absolute Gasteiger partial charge is 0.225 e. The number of aliphatic hydroxyl groups excluding tert-OH is 1. The van der Waals surface area contributed by atoms with Crippen LogP contribution in [0.25, 0.3) is 0 Å². The lowest BCUT2D eigenvalue weighted by molar-refractivity contribution is -0.152. The zero-order valence-electron chi connectivity index (χ0n) is 11.9. The lowest BCUT2D eigenvalue weighted by Crippen LogP contribution is -2.53. The monoisotopic (exact) mass is 270 g/mol. The summed E-state index contributed by atoms with van der Waals surface area (Å²) in [7, 11) is 0. The number of rotatable bonds is 2. The Bertz CT molecular complexity index is 324. The highest BCUT2D eigenvalue weighted by Gasteiger charge is 2.35. The molecule has 0 aromatic carbocycles. The molecule has 0 aromatic rings. The molecule has 5 nitrogen and oxygen atoms in total. The second-order valence-corrected chi connectivity index (χ2v) is 6.15. The van der Waals surface area contributed by atoms with Gasteiger partial charge in [0.25, 0.3) is 0 Å². The third kappa shape index (κ3) is 3.46. The van der Waals surface area contributed by atoms with E-state index in [-0.39, 0.29) is 36.7 Å². The van der Waals surface area contributed by atoms with Crippen LogP contribution in [-0.4, -0.2) is 53.9 Å². The molecular weight excluding hydrogens is 244 g/mol. The van der Waals surface area contributed by atoms with Gasteiger partial charge >= 0.3 is 0 Å². The third-order valence-electron chi connectivity index (χ3n) is 4.43. The second kappa shape index (κ2) is 6.20. The van der Waals surface area contributed by atoms with Crippen molar-refractivity contribution in [1.82, 2.24) is 4.90 Å². The number of hydrogen-bond acceptors (Lipinski definition) is 4. The van der Waals surface area contributed by atoms with Crippen molar-refractivity contribution in [3.63, 3.8) is 0 Å². The molecule has 0 aromatic heterocycles. The molecule has 5 heteroatoms. The minimum atomic E-state index is -0.240. The van der Waals surface area contributed by atoms with Crippen LogP contribution < -0.4 is 5.73 Å². The maximum atomic E-state index is 12.6. The summed E-state index contributed by atoms with van der Waals surface area (Å²) >= 11 is 0. The number of nitrogens with zero attached hydrogens (tertiary/aromatic N) is 1. The van der Waals surface area contributed by atoms with Gasteiger partial charge in [-0.25, -0.2) is 0 Å². The van der Waals surface area contributed by atoms with E-state index in [1.54, 1.807) is 0 Å². The van der Waals surface area contributed by atoms with Crippen LogP contribution in [0.1, 0.15) is 33.1 Å². The Kier molecular flexibility index (Phi) is 4.81. The molecule has 0 radical (unpaired) electrons. The Labute approximate surface area is 115 Å². The summed E-state index contributed by atoms with van der Waals surface area (Å²) < 4.78 is 5.58. The molecule has 2 aliphatic rings. The molecule has 1 heterocycles. The molecule has 2 rings (SSSR count). The Morgan fingerprint density at radius 3 is 2.74 bits per heavy atom. The summed E-state index contributed by atoms with van der Waals surface area (Å²) in [6.07, 6.45) is 2.46. The first-order valence-electron chi connectivity index (χ1n) is 7.32. The van der Waals surface area contributed by atoms with Crippen LogP contribution in [0.4, 0.5) is 0 Å². The maximum Gasteiger partial charge on any atom is 0.225 e. The molecule has 1 amide bonds. The zero-order valence-corrected chi connectivity index (χ0v) is 11.9. The predicted molar refractivity (Wildman–Crippen MR) is 72.5 cm³/mol. The van der Waals surface area contributed by atoms with Crippen molar-refractivity contribution >= 4 is 5.91 Å². The van der Waals surface area contributed by atoms with E-state index >= 15 is 0 Å². The summed E-state index contributed by atoms with van der Waals surface area (Å²) in [6, 6.07) is 0.234. The lowest BCUT2D eigenvalue weighted by atomic mass is 9.78. The average molecular weight is 270 g/mol. The molecule has 0 spiro atoms. The number of morpholine rings is 1. The van der Waals surface area contributed by atoms with E-state index in [4.69, 9.17) is 10.5 Å². The number of hydrogen-bond donors (Lipinski definition) is 2. The van der Waals surface area contributed by atoms with Crippen LogP contribution in [-0.2, 0) is 9.53 Å². The van der Waals surface area contributed by atoms with Crippen molar-refractivity contribution in [2.75, 3.05) is 19.7 Å². The van der Waals surface area contributed by atoms with Gasteiger partial charge in [0.2, 0.25) is 5.91 Å². The lowest BCUT2D eigenvalue weighted by Gasteiger charge is -2.40. The molecule has 1 aliphatic heterocycles. The highest BCUT2D eigenvalue weighted by atomic mass is 16.5. The van der Waals surface area contributed by atoms with E-state index in [1.165, 1.54) is 0 Å². The van der Waals surface area contributed by atoms with Gasteiger partial charge in [-0.15, -0.1) is 0 Å². The van der Waals surface area contributed by atoms with E-state index in [0.717, 1.165) is 19.3 Å². The first-order valence-corrected chi connectivity index (χ1v) is 7.32. The summed E-state index contributed by atoms with van der Waals surface area (Å²) in [5.41, 5.74) is 6.01. The molecule has 19 heavy (non-hydrogen) atoms. The summed E-state index contributed by atoms with van der Waals surface area (Å²) in [6.45, 7) is 5.19. The minimum Gasteiger partial charge on any atom is -0.394 e. The van der Waals surface area contributed by atoms with Crippen LogP contribution >= 0.6 is 0 Å². The van der Waals surface area contributed by atoms with Gasteiger partial charge in [-0.1, -0.05) is 6.92 Å². The normalized spacial score (nSPS) is 40.2. The Hall–Kier alpha value is -0.650. The largest absolute Gasteiger partial charge is 0.394 e. The van der Waals surface area contributed by atoms with Gasteiger partial charge in [0.1, 0.15) is 0 Å². The molecular formula is C14H26N2O3. The highest BCUT2D eigenvalue weighted by Crippen LogP contribution is 2.30. The molecule has 3 N–H and O–H groups in total. The summed E-state index contributed by atoms with van der Waals surface area (Å²) in [5, 5.41) is 9.22. The van der Waals surface area contributed by atoms with Crippen LogP contribution in [0, 0.1) is 11.8 Å². The molecule has 2 fully saturated rings. The van der Waals surface area contributed by atoms with Crippen LogP contribution in [0.2, 0.25) is 0 Å². The average Bonchev–Trinajstić information content (AvgIpc) is 2.40. The Balaban J connectivity index is 1.95. The fourth-order valence-corrected chi connectivity index (χ4v) is 3.23. The van der Waals surface area contributed by atoms with Crippen molar-refractivity contribution in [3.8, 4) is 0 Å². The van der Waals surface area contributed by atoms with Gasteiger partial charge in [-0.2, -0.15) is 0 Å². The maximum absolute atomic E-state index is 12.6. The van der Waals surface area contributed by atoms with Gasteiger partial charge < -0.3 is 20.5 Å². The minimum absolute atomic E-state index is 0.00174. The quantitative estimate of drug-likeness (QED) is 0.759. The molecule has 5 atom stereocenters. The standard InChI is InChI=1S/C14H26N2O3/c1-9-5-11(3-4-13(9)15)14(18)16-6-10(2)19-12(7-16)8-17/h9-13,17H,3-8,15H2,1-2H3. The molecule has 0 bridgehead atoms. The number of carbonyl (C=O) groups excluding carboxylic acids is 1. The summed E-state index contributed by atoms with van der Waals surface area (Å²) in [4.78, 5) is 14.4. The van der Waals surface area contributed by atoms with Crippen molar-refractivity contribution in [2.24, 2.45) is 17.6 Å². The first-order chi connectivity index (χ1) is 9.01. The molecule has 110 valence electrons. The van der Waals surface area contributed by atoms with Gasteiger partial charge in [0, 0.05) is 25.0 Å².